The van der Waals surface area contributed by atoms with Gasteiger partial charge in [0.25, 0.3) is 9.70 Å². The van der Waals surface area contributed by atoms with Gasteiger partial charge in [-0.25, -0.2) is 0 Å². The van der Waals surface area contributed by atoms with Crippen LogP contribution in [0.4, 0.5) is 0 Å². The number of aldehydes is 1. The van der Waals surface area contributed by atoms with Crippen molar-refractivity contribution in [3.05, 3.63) is 12.2 Å². The van der Waals surface area contributed by atoms with Crippen molar-refractivity contribution in [3.8, 4) is 0 Å². The number of hydrogen-bond acceptors (Lipinski definition) is 2. The molecular formula is C9H10Cl3NO2. The molecule has 1 rings (SSSR count). The summed E-state index contributed by atoms with van der Waals surface area (Å²) in [5.74, 6) is -0.956. The summed E-state index contributed by atoms with van der Waals surface area (Å²) in [7, 11) is 0. The lowest BCUT2D eigenvalue weighted by atomic mass is 9.91. The van der Waals surface area contributed by atoms with Gasteiger partial charge < -0.3 is 10.1 Å². The van der Waals surface area contributed by atoms with E-state index in [4.69, 9.17) is 34.8 Å². The second-order valence-corrected chi connectivity index (χ2v) is 5.58. The Morgan fingerprint density at radius 3 is 2.67 bits per heavy atom. The molecule has 2 atom stereocenters. The molecule has 0 aliphatic heterocycles. The van der Waals surface area contributed by atoms with E-state index in [0.29, 0.717) is 6.42 Å². The van der Waals surface area contributed by atoms with E-state index in [9.17, 15) is 9.59 Å². The van der Waals surface area contributed by atoms with Gasteiger partial charge in [0.15, 0.2) is 0 Å². The molecule has 15 heavy (non-hydrogen) atoms. The quantitative estimate of drug-likeness (QED) is 0.474. The van der Waals surface area contributed by atoms with Crippen LogP contribution in [0.3, 0.4) is 0 Å². The lowest BCUT2D eigenvalue weighted by molar-refractivity contribution is -0.121. The maximum absolute atomic E-state index is 11.3. The average molecular weight is 271 g/mol. The van der Waals surface area contributed by atoms with Gasteiger partial charge >= 0.3 is 0 Å². The van der Waals surface area contributed by atoms with E-state index in [1.54, 1.807) is 6.08 Å². The van der Waals surface area contributed by atoms with Crippen LogP contribution in [0.2, 0.25) is 0 Å². The molecule has 0 fully saturated rings. The first kappa shape index (κ1) is 12.8. The fraction of sp³-hybridized carbons (Fsp3) is 0.556. The van der Waals surface area contributed by atoms with Crippen molar-refractivity contribution in [3.63, 3.8) is 0 Å². The van der Waals surface area contributed by atoms with Crippen molar-refractivity contribution in [1.82, 2.24) is 5.32 Å². The largest absolute Gasteiger partial charge is 0.345 e. The third-order valence-electron chi connectivity index (χ3n) is 2.20. The normalized spacial score (nSPS) is 26.1. The molecule has 3 nitrogen and oxygen atoms in total. The number of carbonyl (C=O) groups is 2. The number of halogens is 3. The molecule has 6 heteroatoms. The number of allylic oxidation sites excluding steroid dienone is 1. The molecule has 0 saturated heterocycles. The lowest BCUT2D eigenvalue weighted by Gasteiger charge is -2.25. The maximum atomic E-state index is 11.3. The topological polar surface area (TPSA) is 46.2 Å². The van der Waals surface area contributed by atoms with Crippen LogP contribution in [-0.2, 0) is 9.59 Å². The van der Waals surface area contributed by atoms with E-state index in [-0.39, 0.29) is 12.0 Å². The minimum atomic E-state index is -1.99. The van der Waals surface area contributed by atoms with Crippen molar-refractivity contribution in [2.75, 3.05) is 0 Å². The van der Waals surface area contributed by atoms with Gasteiger partial charge in [0.2, 0.25) is 0 Å². The molecule has 0 aromatic carbocycles. The highest BCUT2D eigenvalue weighted by Gasteiger charge is 2.33. The summed E-state index contributed by atoms with van der Waals surface area (Å²) in [4.78, 5) is 22.1. The monoisotopic (exact) mass is 269 g/mol. The Morgan fingerprint density at radius 2 is 2.13 bits per heavy atom. The standard InChI is InChI=1S/C9H10Cl3NO2/c10-9(11,12)8(15)13-7-4-2-1-3-6(7)5-14/h2,4-7H,1,3H2,(H,13,15). The Kier molecular flexibility index (Phi) is 4.44. The van der Waals surface area contributed by atoms with Gasteiger partial charge in [0.1, 0.15) is 6.29 Å². The first-order valence-corrected chi connectivity index (χ1v) is 5.58. The second-order valence-electron chi connectivity index (χ2n) is 3.30. The van der Waals surface area contributed by atoms with E-state index in [1.165, 1.54) is 0 Å². The smallest absolute Gasteiger partial charge is 0.272 e. The first-order chi connectivity index (χ1) is 6.95. The molecule has 0 aromatic heterocycles. The molecule has 0 bridgehead atoms. The zero-order valence-electron chi connectivity index (χ0n) is 7.75. The molecule has 0 saturated carbocycles. The summed E-state index contributed by atoms with van der Waals surface area (Å²) in [6.45, 7) is 0. The van der Waals surface area contributed by atoms with E-state index in [0.717, 1.165) is 12.7 Å². The predicted octanol–water partition coefficient (Wildman–Crippen LogP) is 2.01. The van der Waals surface area contributed by atoms with Crippen LogP contribution < -0.4 is 5.32 Å². The van der Waals surface area contributed by atoms with Gasteiger partial charge in [0, 0.05) is 5.92 Å². The zero-order chi connectivity index (χ0) is 11.5. The molecule has 2 unspecified atom stereocenters. The summed E-state index contributed by atoms with van der Waals surface area (Å²) in [5.41, 5.74) is 0. The van der Waals surface area contributed by atoms with Gasteiger partial charge in [-0.1, -0.05) is 47.0 Å². The van der Waals surface area contributed by atoms with Crippen molar-refractivity contribution in [1.29, 1.82) is 0 Å². The lowest BCUT2D eigenvalue weighted by Crippen LogP contribution is -2.45. The van der Waals surface area contributed by atoms with Gasteiger partial charge in [-0.2, -0.15) is 0 Å². The third-order valence-corrected chi connectivity index (χ3v) is 2.72. The van der Waals surface area contributed by atoms with Crippen molar-refractivity contribution >= 4 is 47.0 Å². The zero-order valence-corrected chi connectivity index (χ0v) is 10.0. The average Bonchev–Trinajstić information content (AvgIpc) is 2.17. The molecule has 0 heterocycles. The van der Waals surface area contributed by atoms with Crippen LogP contribution in [0.15, 0.2) is 12.2 Å². The molecule has 0 radical (unpaired) electrons. The molecule has 1 N–H and O–H groups in total. The molecule has 0 spiro atoms. The van der Waals surface area contributed by atoms with Crippen LogP contribution in [0, 0.1) is 5.92 Å². The molecular weight excluding hydrogens is 260 g/mol. The Balaban J connectivity index is 2.63. The van der Waals surface area contributed by atoms with E-state index in [2.05, 4.69) is 5.32 Å². The number of carbonyl (C=O) groups excluding carboxylic acids is 2. The van der Waals surface area contributed by atoms with Gasteiger partial charge in [-0.3, -0.25) is 4.79 Å². The summed E-state index contributed by atoms with van der Waals surface area (Å²) in [6, 6.07) is -0.376. The summed E-state index contributed by atoms with van der Waals surface area (Å²) in [5, 5.41) is 2.51. The maximum Gasteiger partial charge on any atom is 0.272 e. The first-order valence-electron chi connectivity index (χ1n) is 4.45. The summed E-state index contributed by atoms with van der Waals surface area (Å²) < 4.78 is -1.99. The Hall–Kier alpha value is -0.250. The molecule has 1 aliphatic carbocycles. The number of alkyl halides is 3. The highest BCUT2D eigenvalue weighted by atomic mass is 35.6. The Bertz CT molecular complexity index is 286. The van der Waals surface area contributed by atoms with Gasteiger partial charge in [0.05, 0.1) is 6.04 Å². The van der Waals surface area contributed by atoms with Crippen LogP contribution >= 0.6 is 34.8 Å². The van der Waals surface area contributed by atoms with Crippen molar-refractivity contribution in [2.45, 2.75) is 22.7 Å². The van der Waals surface area contributed by atoms with Crippen molar-refractivity contribution < 1.29 is 9.59 Å². The van der Waals surface area contributed by atoms with Gasteiger partial charge in [-0.15, -0.1) is 0 Å². The minimum absolute atomic E-state index is 0.244. The fourth-order valence-corrected chi connectivity index (χ4v) is 1.56. The van der Waals surface area contributed by atoms with Crippen LogP contribution in [-0.4, -0.2) is 22.0 Å². The summed E-state index contributed by atoms with van der Waals surface area (Å²) >= 11 is 16.2. The van der Waals surface area contributed by atoms with Crippen LogP contribution in [0.5, 0.6) is 0 Å². The van der Waals surface area contributed by atoms with Crippen molar-refractivity contribution in [2.24, 2.45) is 5.92 Å². The van der Waals surface area contributed by atoms with Crippen LogP contribution in [0.1, 0.15) is 12.8 Å². The summed E-state index contributed by atoms with van der Waals surface area (Å²) in [6.07, 6.45) is 5.97. The number of nitrogens with one attached hydrogen (secondary N) is 1. The third kappa shape index (κ3) is 3.67. The Morgan fingerprint density at radius 1 is 1.47 bits per heavy atom. The minimum Gasteiger partial charge on any atom is -0.345 e. The second kappa shape index (κ2) is 5.19. The highest BCUT2D eigenvalue weighted by molar-refractivity contribution is 6.76. The molecule has 1 amide bonds. The molecule has 0 aromatic rings. The fourth-order valence-electron chi connectivity index (χ4n) is 1.39. The number of hydrogen-bond donors (Lipinski definition) is 1. The highest BCUT2D eigenvalue weighted by Crippen LogP contribution is 2.27. The van der Waals surface area contributed by atoms with E-state index >= 15 is 0 Å². The SMILES string of the molecule is O=CC1CCC=CC1NC(=O)C(Cl)(Cl)Cl. The number of amides is 1. The van der Waals surface area contributed by atoms with E-state index in [1.807, 2.05) is 6.08 Å². The predicted molar refractivity (Wildman–Crippen MR) is 60.1 cm³/mol. The van der Waals surface area contributed by atoms with Crippen LogP contribution in [0.25, 0.3) is 0 Å². The number of rotatable bonds is 2. The Labute approximate surface area is 103 Å². The van der Waals surface area contributed by atoms with E-state index < -0.39 is 9.70 Å². The molecule has 84 valence electrons. The van der Waals surface area contributed by atoms with Gasteiger partial charge in [-0.05, 0) is 12.8 Å². The molecule has 1 aliphatic rings.